The third-order valence-corrected chi connectivity index (χ3v) is 3.74. The Morgan fingerprint density at radius 3 is 2.38 bits per heavy atom. The van der Waals surface area contributed by atoms with Crippen LogP contribution in [0.15, 0.2) is 71.2 Å². The number of carbonyl (C=O) groups excluding carboxylic acids is 1. The lowest BCUT2D eigenvalue weighted by atomic mass is 9.93. The molecular formula is C19H19N3O2. The highest BCUT2D eigenvalue weighted by atomic mass is 16.5. The fourth-order valence-electron chi connectivity index (χ4n) is 2.70. The maximum absolute atomic E-state index is 12.6. The summed E-state index contributed by atoms with van der Waals surface area (Å²) < 4.78 is 5.27. The molecule has 5 nitrogen and oxygen atoms in total. The van der Waals surface area contributed by atoms with E-state index in [1.807, 2.05) is 60.7 Å². The Balaban J connectivity index is 2.16. The summed E-state index contributed by atoms with van der Waals surface area (Å²) in [7, 11) is 0. The molecule has 2 aromatic rings. The molecule has 3 rings (SSSR count). The highest BCUT2D eigenvalue weighted by Gasteiger charge is 2.31. The second-order valence-electron chi connectivity index (χ2n) is 5.33. The lowest BCUT2D eigenvalue weighted by Gasteiger charge is -2.26. The third kappa shape index (κ3) is 3.15. The molecule has 5 heteroatoms. The lowest BCUT2D eigenvalue weighted by molar-refractivity contribution is -0.138. The van der Waals surface area contributed by atoms with Crippen LogP contribution in [0.3, 0.4) is 0 Å². The van der Waals surface area contributed by atoms with Gasteiger partial charge < -0.3 is 15.8 Å². The molecule has 0 radical (unpaired) electrons. The van der Waals surface area contributed by atoms with Crippen molar-refractivity contribution in [2.75, 3.05) is 6.61 Å². The molecule has 1 aliphatic rings. The van der Waals surface area contributed by atoms with E-state index in [0.29, 0.717) is 17.9 Å². The molecule has 0 saturated carbocycles. The van der Waals surface area contributed by atoms with Crippen molar-refractivity contribution >= 4 is 17.6 Å². The minimum Gasteiger partial charge on any atom is -0.463 e. The van der Waals surface area contributed by atoms with Crippen molar-refractivity contribution < 1.29 is 9.53 Å². The minimum absolute atomic E-state index is 0.274. The summed E-state index contributed by atoms with van der Waals surface area (Å²) in [5.74, 6) is -0.121. The lowest BCUT2D eigenvalue weighted by Crippen LogP contribution is -2.37. The van der Waals surface area contributed by atoms with E-state index in [1.54, 1.807) is 6.92 Å². The van der Waals surface area contributed by atoms with Crippen molar-refractivity contribution in [1.82, 2.24) is 5.32 Å². The van der Waals surface area contributed by atoms with Crippen molar-refractivity contribution in [3.63, 3.8) is 0 Å². The predicted molar refractivity (Wildman–Crippen MR) is 93.9 cm³/mol. The fourth-order valence-corrected chi connectivity index (χ4v) is 2.70. The molecule has 0 fully saturated rings. The molecule has 0 aromatic heterocycles. The Morgan fingerprint density at radius 2 is 1.75 bits per heavy atom. The number of ether oxygens (including phenoxy) is 1. The van der Waals surface area contributed by atoms with Crippen LogP contribution in [-0.2, 0) is 9.53 Å². The van der Waals surface area contributed by atoms with Gasteiger partial charge in [0.05, 0.1) is 17.9 Å². The molecule has 0 saturated heterocycles. The van der Waals surface area contributed by atoms with Gasteiger partial charge in [-0.3, -0.25) is 0 Å². The predicted octanol–water partition coefficient (Wildman–Crippen LogP) is 2.62. The van der Waals surface area contributed by atoms with Gasteiger partial charge >= 0.3 is 5.97 Å². The number of rotatable bonds is 4. The summed E-state index contributed by atoms with van der Waals surface area (Å²) in [5.41, 5.74) is 8.82. The maximum atomic E-state index is 12.6. The van der Waals surface area contributed by atoms with Gasteiger partial charge in [-0.1, -0.05) is 60.7 Å². The fraction of sp³-hybridized carbons (Fsp3) is 0.158. The second kappa shape index (κ2) is 7.00. The third-order valence-electron chi connectivity index (χ3n) is 3.74. The smallest absolute Gasteiger partial charge is 0.338 e. The maximum Gasteiger partial charge on any atom is 0.338 e. The van der Waals surface area contributed by atoms with E-state index in [9.17, 15) is 4.79 Å². The minimum atomic E-state index is -0.498. The molecule has 1 heterocycles. The van der Waals surface area contributed by atoms with Crippen LogP contribution in [0.4, 0.5) is 0 Å². The summed E-state index contributed by atoms with van der Waals surface area (Å²) >= 11 is 0. The molecule has 122 valence electrons. The number of benzene rings is 2. The van der Waals surface area contributed by atoms with Gasteiger partial charge in [0.1, 0.15) is 6.04 Å². The van der Waals surface area contributed by atoms with Crippen LogP contribution in [0.1, 0.15) is 24.1 Å². The molecule has 0 bridgehead atoms. The Morgan fingerprint density at radius 1 is 1.12 bits per heavy atom. The first-order chi connectivity index (χ1) is 11.7. The quantitative estimate of drug-likeness (QED) is 0.849. The molecule has 0 spiro atoms. The second-order valence-corrected chi connectivity index (χ2v) is 5.33. The zero-order chi connectivity index (χ0) is 16.9. The van der Waals surface area contributed by atoms with Crippen LogP contribution in [-0.4, -0.2) is 18.5 Å². The van der Waals surface area contributed by atoms with E-state index in [1.165, 1.54) is 0 Å². The zero-order valence-electron chi connectivity index (χ0n) is 13.4. The van der Waals surface area contributed by atoms with Crippen LogP contribution in [0.5, 0.6) is 0 Å². The number of aliphatic imine (C=N–C) groups is 1. The summed E-state index contributed by atoms with van der Waals surface area (Å²) in [6, 6.07) is 18.7. The normalized spacial score (nSPS) is 17.0. The van der Waals surface area contributed by atoms with Crippen LogP contribution in [0.2, 0.25) is 0 Å². The van der Waals surface area contributed by atoms with E-state index in [2.05, 4.69) is 10.3 Å². The van der Waals surface area contributed by atoms with Crippen molar-refractivity contribution in [2.45, 2.75) is 13.0 Å². The average molecular weight is 321 g/mol. The van der Waals surface area contributed by atoms with E-state index in [4.69, 9.17) is 10.5 Å². The Kier molecular flexibility index (Phi) is 4.61. The summed E-state index contributed by atoms with van der Waals surface area (Å²) in [6.07, 6.45) is 0. The van der Waals surface area contributed by atoms with Crippen LogP contribution in [0.25, 0.3) is 5.70 Å². The SMILES string of the molecule is CCOC(=O)C1=C(c2ccccc2)NC(N)=NC1c1ccccc1. The van der Waals surface area contributed by atoms with E-state index >= 15 is 0 Å². The summed E-state index contributed by atoms with van der Waals surface area (Å²) in [5, 5.41) is 3.03. The molecule has 1 atom stereocenters. The summed E-state index contributed by atoms with van der Waals surface area (Å²) in [4.78, 5) is 17.1. The van der Waals surface area contributed by atoms with Crippen molar-refractivity contribution in [3.8, 4) is 0 Å². The Bertz CT molecular complexity index is 783. The number of nitrogens with one attached hydrogen (secondary N) is 1. The first-order valence-electron chi connectivity index (χ1n) is 7.82. The standard InChI is InChI=1S/C19H19N3O2/c1-2-24-18(23)15-16(13-9-5-3-6-10-13)21-19(20)22-17(15)14-11-7-4-8-12-14/h3-12,16H,2H2,1H3,(H3,20,21,22). The number of esters is 1. The Hall–Kier alpha value is -3.08. The number of carbonyl (C=O) groups is 1. The van der Waals surface area contributed by atoms with Gasteiger partial charge in [0.2, 0.25) is 0 Å². The highest BCUT2D eigenvalue weighted by molar-refractivity contribution is 6.04. The molecule has 3 N–H and O–H groups in total. The number of guanidine groups is 1. The van der Waals surface area contributed by atoms with Crippen LogP contribution in [0, 0.1) is 0 Å². The topological polar surface area (TPSA) is 76.7 Å². The van der Waals surface area contributed by atoms with E-state index in [-0.39, 0.29) is 5.96 Å². The monoisotopic (exact) mass is 321 g/mol. The van der Waals surface area contributed by atoms with Gasteiger partial charge in [0.25, 0.3) is 0 Å². The number of nitrogens with two attached hydrogens (primary N) is 1. The van der Waals surface area contributed by atoms with Gasteiger partial charge in [-0.2, -0.15) is 0 Å². The Labute approximate surface area is 140 Å². The summed E-state index contributed by atoms with van der Waals surface area (Å²) in [6.45, 7) is 2.08. The number of hydrogen-bond donors (Lipinski definition) is 2. The van der Waals surface area contributed by atoms with Gasteiger partial charge in [-0.05, 0) is 18.1 Å². The van der Waals surface area contributed by atoms with E-state index in [0.717, 1.165) is 11.1 Å². The number of nitrogens with zero attached hydrogens (tertiary/aromatic N) is 1. The van der Waals surface area contributed by atoms with Crippen LogP contribution >= 0.6 is 0 Å². The zero-order valence-corrected chi connectivity index (χ0v) is 13.4. The van der Waals surface area contributed by atoms with Gasteiger partial charge in [0.15, 0.2) is 5.96 Å². The van der Waals surface area contributed by atoms with Crippen LogP contribution < -0.4 is 11.1 Å². The number of hydrogen-bond acceptors (Lipinski definition) is 5. The van der Waals surface area contributed by atoms with Gasteiger partial charge in [-0.15, -0.1) is 0 Å². The first-order valence-corrected chi connectivity index (χ1v) is 7.82. The molecule has 2 aromatic carbocycles. The van der Waals surface area contributed by atoms with Crippen molar-refractivity contribution in [3.05, 3.63) is 77.4 Å². The molecule has 0 amide bonds. The van der Waals surface area contributed by atoms with Crippen molar-refractivity contribution in [2.24, 2.45) is 10.7 Å². The highest BCUT2D eigenvalue weighted by Crippen LogP contribution is 2.34. The van der Waals surface area contributed by atoms with E-state index < -0.39 is 12.0 Å². The largest absolute Gasteiger partial charge is 0.463 e. The molecule has 1 aliphatic heterocycles. The molecule has 0 aliphatic carbocycles. The van der Waals surface area contributed by atoms with Gasteiger partial charge in [0, 0.05) is 0 Å². The van der Waals surface area contributed by atoms with Gasteiger partial charge in [-0.25, -0.2) is 9.79 Å². The first kappa shape index (κ1) is 15.8. The average Bonchev–Trinajstić information content (AvgIpc) is 2.62. The van der Waals surface area contributed by atoms with Crippen molar-refractivity contribution in [1.29, 1.82) is 0 Å². The molecule has 1 unspecified atom stereocenters. The molecule has 24 heavy (non-hydrogen) atoms. The molecular weight excluding hydrogens is 302 g/mol.